The maximum Gasteiger partial charge on any atom is 0.379 e. The van der Waals surface area contributed by atoms with Crippen LogP contribution >= 0.6 is 12.4 Å². The average molecular weight is 310 g/mol. The minimum atomic E-state index is -3.82. The highest BCUT2D eigenvalue weighted by molar-refractivity contribution is 5.85. The number of hydrogen-bond acceptors (Lipinski definition) is 4. The maximum atomic E-state index is 13.9. The first-order valence-electron chi connectivity index (χ1n) is 5.82. The highest BCUT2D eigenvalue weighted by Gasteiger charge is 2.48. The van der Waals surface area contributed by atoms with Crippen LogP contribution in [0.4, 0.5) is 8.78 Å². The predicted octanol–water partition coefficient (Wildman–Crippen LogP) is 2.63. The summed E-state index contributed by atoms with van der Waals surface area (Å²) in [6, 6.07) is 0.833. The van der Waals surface area contributed by atoms with Gasteiger partial charge in [0.1, 0.15) is 11.8 Å². The molecule has 0 aliphatic rings. The van der Waals surface area contributed by atoms with E-state index in [0.29, 0.717) is 11.1 Å². The van der Waals surface area contributed by atoms with Crippen molar-refractivity contribution >= 4 is 18.4 Å². The number of aryl methyl sites for hydroxylation is 2. The molecule has 0 spiro atoms. The second-order valence-electron chi connectivity index (χ2n) is 4.31. The number of benzene rings is 1. The van der Waals surface area contributed by atoms with E-state index in [1.54, 1.807) is 13.8 Å². The number of alkyl halides is 2. The Hall–Kier alpha value is -1.40. The number of halogens is 3. The first kappa shape index (κ1) is 18.6. The van der Waals surface area contributed by atoms with Crippen molar-refractivity contribution in [1.82, 2.24) is 0 Å². The fourth-order valence-electron chi connectivity index (χ4n) is 1.98. The highest BCUT2D eigenvalue weighted by Crippen LogP contribution is 2.35. The Labute approximate surface area is 122 Å². The van der Waals surface area contributed by atoms with Gasteiger partial charge in [-0.15, -0.1) is 12.4 Å². The SMILES string of the molecule is CCOC(=O)C(F)(F)[C@@H](N)c1c(C)cc(O)cc1C.Cl. The summed E-state index contributed by atoms with van der Waals surface area (Å²) in [6.45, 7) is 4.39. The Morgan fingerprint density at radius 2 is 1.85 bits per heavy atom. The van der Waals surface area contributed by atoms with Gasteiger partial charge < -0.3 is 15.6 Å². The molecular formula is C13H18ClF2NO3. The van der Waals surface area contributed by atoms with Crippen LogP contribution in [0.1, 0.15) is 29.7 Å². The summed E-state index contributed by atoms with van der Waals surface area (Å²) in [7, 11) is 0. The quantitative estimate of drug-likeness (QED) is 0.839. The van der Waals surface area contributed by atoms with Gasteiger partial charge in [0.05, 0.1) is 6.61 Å². The molecule has 0 unspecified atom stereocenters. The van der Waals surface area contributed by atoms with Crippen LogP contribution < -0.4 is 5.73 Å². The molecule has 0 heterocycles. The number of carbonyl (C=O) groups excluding carboxylic acids is 1. The van der Waals surface area contributed by atoms with Crippen LogP contribution in [0.3, 0.4) is 0 Å². The van der Waals surface area contributed by atoms with Gasteiger partial charge in [0.2, 0.25) is 0 Å². The van der Waals surface area contributed by atoms with Gasteiger partial charge in [-0.05, 0) is 49.6 Å². The third kappa shape index (κ3) is 3.58. The van der Waals surface area contributed by atoms with Crippen LogP contribution in [-0.2, 0) is 9.53 Å². The van der Waals surface area contributed by atoms with E-state index in [-0.39, 0.29) is 30.3 Å². The van der Waals surface area contributed by atoms with E-state index in [1.807, 2.05) is 0 Å². The molecule has 0 fully saturated rings. The van der Waals surface area contributed by atoms with Crippen molar-refractivity contribution in [2.45, 2.75) is 32.7 Å². The van der Waals surface area contributed by atoms with Gasteiger partial charge in [-0.2, -0.15) is 8.78 Å². The van der Waals surface area contributed by atoms with E-state index < -0.39 is 17.9 Å². The molecule has 1 aromatic carbocycles. The van der Waals surface area contributed by atoms with Crippen LogP contribution in [-0.4, -0.2) is 23.6 Å². The second kappa shape index (κ2) is 6.85. The zero-order chi connectivity index (χ0) is 14.8. The molecule has 1 atom stereocenters. The number of rotatable bonds is 4. The predicted molar refractivity (Wildman–Crippen MR) is 73.3 cm³/mol. The van der Waals surface area contributed by atoms with Gasteiger partial charge >= 0.3 is 11.9 Å². The Morgan fingerprint density at radius 1 is 1.40 bits per heavy atom. The summed E-state index contributed by atoms with van der Waals surface area (Å²) in [5, 5.41) is 9.38. The molecule has 0 saturated carbocycles. The number of aromatic hydroxyl groups is 1. The lowest BCUT2D eigenvalue weighted by atomic mass is 9.92. The van der Waals surface area contributed by atoms with Gasteiger partial charge in [-0.25, -0.2) is 4.79 Å². The topological polar surface area (TPSA) is 72.5 Å². The van der Waals surface area contributed by atoms with Crippen molar-refractivity contribution in [3.05, 3.63) is 28.8 Å². The molecule has 0 saturated heterocycles. The normalized spacial score (nSPS) is 12.5. The maximum absolute atomic E-state index is 13.9. The molecule has 4 nitrogen and oxygen atoms in total. The van der Waals surface area contributed by atoms with Gasteiger partial charge in [0, 0.05) is 0 Å². The van der Waals surface area contributed by atoms with Crippen LogP contribution in [0.2, 0.25) is 0 Å². The van der Waals surface area contributed by atoms with E-state index in [1.165, 1.54) is 19.1 Å². The van der Waals surface area contributed by atoms with Gasteiger partial charge in [0.15, 0.2) is 0 Å². The summed E-state index contributed by atoms with van der Waals surface area (Å²) < 4.78 is 32.1. The van der Waals surface area contributed by atoms with E-state index in [4.69, 9.17) is 5.73 Å². The summed E-state index contributed by atoms with van der Waals surface area (Å²) in [5.74, 6) is -5.50. The fraction of sp³-hybridized carbons (Fsp3) is 0.462. The third-order valence-electron chi connectivity index (χ3n) is 2.83. The molecule has 0 aliphatic heterocycles. The van der Waals surface area contributed by atoms with E-state index in [0.717, 1.165) is 0 Å². The molecule has 1 rings (SSSR count). The van der Waals surface area contributed by atoms with E-state index in [9.17, 15) is 18.7 Å². The summed E-state index contributed by atoms with van der Waals surface area (Å²) in [5.41, 5.74) is 6.45. The Morgan fingerprint density at radius 3 is 2.25 bits per heavy atom. The van der Waals surface area contributed by atoms with Crippen molar-refractivity contribution in [2.75, 3.05) is 6.61 Å². The first-order chi connectivity index (χ1) is 8.71. The standard InChI is InChI=1S/C13H17F2NO3.ClH/c1-4-19-12(18)13(14,15)11(16)10-7(2)5-9(17)6-8(10)3;/h5-6,11,17H,4,16H2,1-3H3;1H/t11-;/m0./s1. The Balaban J connectivity index is 0.00000361. The van der Waals surface area contributed by atoms with E-state index >= 15 is 0 Å². The summed E-state index contributed by atoms with van der Waals surface area (Å²) in [4.78, 5) is 11.3. The number of hydrogen-bond donors (Lipinski definition) is 2. The molecule has 0 aliphatic carbocycles. The molecule has 0 aromatic heterocycles. The van der Waals surface area contributed by atoms with Crippen molar-refractivity contribution in [1.29, 1.82) is 0 Å². The fourth-order valence-corrected chi connectivity index (χ4v) is 1.98. The molecule has 1 aromatic rings. The highest BCUT2D eigenvalue weighted by atomic mass is 35.5. The Kier molecular flexibility index (Phi) is 6.37. The zero-order valence-corrected chi connectivity index (χ0v) is 12.3. The molecular weight excluding hydrogens is 292 g/mol. The molecule has 7 heteroatoms. The molecule has 0 radical (unpaired) electrons. The minimum absolute atomic E-state index is 0. The first-order valence-corrected chi connectivity index (χ1v) is 5.82. The summed E-state index contributed by atoms with van der Waals surface area (Å²) in [6.07, 6.45) is 0. The number of phenolic OH excluding ortho intramolecular Hbond substituents is 1. The lowest BCUT2D eigenvalue weighted by molar-refractivity contribution is -0.174. The minimum Gasteiger partial charge on any atom is -0.508 e. The molecule has 0 bridgehead atoms. The number of carbonyl (C=O) groups is 1. The van der Waals surface area contributed by atoms with Crippen LogP contribution in [0.25, 0.3) is 0 Å². The summed E-state index contributed by atoms with van der Waals surface area (Å²) >= 11 is 0. The van der Waals surface area contributed by atoms with Crippen molar-refractivity contribution in [3.8, 4) is 5.75 Å². The Bertz CT molecular complexity index is 471. The monoisotopic (exact) mass is 309 g/mol. The van der Waals surface area contributed by atoms with Crippen molar-refractivity contribution in [3.63, 3.8) is 0 Å². The van der Waals surface area contributed by atoms with Crippen LogP contribution in [0.5, 0.6) is 5.75 Å². The van der Waals surface area contributed by atoms with E-state index in [2.05, 4.69) is 4.74 Å². The number of ether oxygens (including phenoxy) is 1. The smallest absolute Gasteiger partial charge is 0.379 e. The molecule has 3 N–H and O–H groups in total. The number of phenols is 1. The average Bonchev–Trinajstić information content (AvgIpc) is 2.27. The number of nitrogens with two attached hydrogens (primary N) is 1. The van der Waals surface area contributed by atoms with Crippen molar-refractivity contribution < 1.29 is 23.4 Å². The van der Waals surface area contributed by atoms with Gasteiger partial charge in [0.25, 0.3) is 0 Å². The largest absolute Gasteiger partial charge is 0.508 e. The van der Waals surface area contributed by atoms with Gasteiger partial charge in [-0.3, -0.25) is 0 Å². The second-order valence-corrected chi connectivity index (χ2v) is 4.31. The molecule has 20 heavy (non-hydrogen) atoms. The lowest BCUT2D eigenvalue weighted by Crippen LogP contribution is -2.42. The molecule has 114 valence electrons. The van der Waals surface area contributed by atoms with Crippen LogP contribution in [0, 0.1) is 13.8 Å². The van der Waals surface area contributed by atoms with Crippen LogP contribution in [0.15, 0.2) is 12.1 Å². The zero-order valence-electron chi connectivity index (χ0n) is 11.4. The number of esters is 1. The van der Waals surface area contributed by atoms with Crippen molar-refractivity contribution in [2.24, 2.45) is 5.73 Å². The third-order valence-corrected chi connectivity index (χ3v) is 2.83. The lowest BCUT2D eigenvalue weighted by Gasteiger charge is -2.24. The van der Waals surface area contributed by atoms with Gasteiger partial charge in [-0.1, -0.05) is 0 Å². The molecule has 0 amide bonds.